The highest BCUT2D eigenvalue weighted by atomic mass is 16.2. The zero-order chi connectivity index (χ0) is 15.1. The van der Waals surface area contributed by atoms with E-state index in [1.165, 1.54) is 16.7 Å². The average Bonchev–Trinajstić information content (AvgIpc) is 2.49. The minimum Gasteiger partial charge on any atom is -0.396 e. The van der Waals surface area contributed by atoms with Crippen LogP contribution in [0.1, 0.15) is 36.0 Å². The fraction of sp³-hybridized carbons (Fsp3) is 0.316. The molecule has 0 fully saturated rings. The van der Waals surface area contributed by atoms with Gasteiger partial charge in [0.05, 0.1) is 0 Å². The van der Waals surface area contributed by atoms with Gasteiger partial charge in [0.25, 0.3) is 0 Å². The molecule has 0 amide bonds. The van der Waals surface area contributed by atoms with Gasteiger partial charge in [-0.05, 0) is 42.4 Å². The van der Waals surface area contributed by atoms with Crippen LogP contribution < -0.4 is 0 Å². The van der Waals surface area contributed by atoms with Crippen LogP contribution in [0.2, 0.25) is 0 Å². The molecule has 1 atom stereocenters. The number of carbonyl (C=O) groups excluding carboxylic acids is 1. The summed E-state index contributed by atoms with van der Waals surface area (Å²) in [6.45, 7) is 1.80. The summed E-state index contributed by atoms with van der Waals surface area (Å²) in [6.07, 6.45) is 2.05. The molecule has 0 bridgehead atoms. The van der Waals surface area contributed by atoms with E-state index in [9.17, 15) is 9.90 Å². The minimum absolute atomic E-state index is 0.153. The van der Waals surface area contributed by atoms with Crippen LogP contribution in [0.4, 0.5) is 0 Å². The Morgan fingerprint density at radius 2 is 1.62 bits per heavy atom. The van der Waals surface area contributed by atoms with E-state index in [0.717, 1.165) is 6.42 Å². The van der Waals surface area contributed by atoms with E-state index in [4.69, 9.17) is 0 Å². The smallest absolute Gasteiger partial charge is 0.130 e. The zero-order valence-electron chi connectivity index (χ0n) is 12.5. The van der Waals surface area contributed by atoms with E-state index in [2.05, 4.69) is 24.3 Å². The molecule has 0 radical (unpaired) electrons. The molecule has 0 aromatic heterocycles. The van der Waals surface area contributed by atoms with E-state index >= 15 is 0 Å². The first-order valence-electron chi connectivity index (χ1n) is 7.42. The predicted molar refractivity (Wildman–Crippen MR) is 85.4 cm³/mol. The lowest BCUT2D eigenvalue weighted by atomic mass is 9.86. The molecule has 1 unspecified atom stereocenters. The third-order valence-electron chi connectivity index (χ3n) is 3.77. The predicted octanol–water partition coefficient (Wildman–Crippen LogP) is 3.53. The molecule has 0 aliphatic heterocycles. The third-order valence-corrected chi connectivity index (χ3v) is 3.77. The molecular weight excluding hydrogens is 260 g/mol. The molecule has 0 saturated heterocycles. The molecule has 2 aromatic rings. The standard InChI is InChI=1S/C19H22O2/c1-15(21)13-19(16-7-3-2-4-8-16)14-18-10-6-5-9-17(18)11-12-20/h2-10,19-20H,11-14H2,1H3. The van der Waals surface area contributed by atoms with Crippen LogP contribution in [0.5, 0.6) is 0 Å². The van der Waals surface area contributed by atoms with Crippen molar-refractivity contribution in [3.8, 4) is 0 Å². The van der Waals surface area contributed by atoms with Gasteiger partial charge >= 0.3 is 0 Å². The molecule has 2 heteroatoms. The summed E-state index contributed by atoms with van der Waals surface area (Å²) in [6, 6.07) is 18.4. The second-order valence-corrected chi connectivity index (χ2v) is 5.46. The van der Waals surface area contributed by atoms with Crippen LogP contribution in [0.15, 0.2) is 54.6 Å². The van der Waals surface area contributed by atoms with Gasteiger partial charge in [0.1, 0.15) is 5.78 Å². The molecule has 1 N–H and O–H groups in total. The molecule has 0 heterocycles. The molecular formula is C19H22O2. The molecule has 0 aliphatic carbocycles. The van der Waals surface area contributed by atoms with Gasteiger partial charge < -0.3 is 9.90 Å². The summed E-state index contributed by atoms with van der Waals surface area (Å²) in [5, 5.41) is 9.19. The van der Waals surface area contributed by atoms with Gasteiger partial charge in [-0.15, -0.1) is 0 Å². The fourth-order valence-corrected chi connectivity index (χ4v) is 2.77. The number of aliphatic hydroxyl groups is 1. The van der Waals surface area contributed by atoms with Crippen LogP contribution in [0.25, 0.3) is 0 Å². The number of Topliss-reactive ketones (excluding diaryl/α,β-unsaturated/α-hetero) is 1. The van der Waals surface area contributed by atoms with Crippen molar-refractivity contribution < 1.29 is 9.90 Å². The highest BCUT2D eigenvalue weighted by Gasteiger charge is 2.16. The summed E-state index contributed by atoms with van der Waals surface area (Å²) in [4.78, 5) is 11.6. The SMILES string of the molecule is CC(=O)CC(Cc1ccccc1CCO)c1ccccc1. The Morgan fingerprint density at radius 1 is 1.00 bits per heavy atom. The number of rotatable bonds is 7. The van der Waals surface area contributed by atoms with Gasteiger partial charge in [0.15, 0.2) is 0 Å². The van der Waals surface area contributed by atoms with Crippen molar-refractivity contribution in [3.05, 3.63) is 71.3 Å². The van der Waals surface area contributed by atoms with E-state index < -0.39 is 0 Å². The Kier molecular flexibility index (Phi) is 5.70. The molecule has 110 valence electrons. The fourth-order valence-electron chi connectivity index (χ4n) is 2.77. The van der Waals surface area contributed by atoms with E-state index in [0.29, 0.717) is 12.8 Å². The van der Waals surface area contributed by atoms with Crippen LogP contribution in [-0.4, -0.2) is 17.5 Å². The Labute approximate surface area is 126 Å². The number of hydrogen-bond donors (Lipinski definition) is 1. The monoisotopic (exact) mass is 282 g/mol. The van der Waals surface area contributed by atoms with Crippen LogP contribution in [-0.2, 0) is 17.6 Å². The highest BCUT2D eigenvalue weighted by molar-refractivity contribution is 5.76. The van der Waals surface area contributed by atoms with Gasteiger partial charge in [-0.25, -0.2) is 0 Å². The Hall–Kier alpha value is -1.93. The lowest BCUT2D eigenvalue weighted by Crippen LogP contribution is -2.09. The van der Waals surface area contributed by atoms with Crippen molar-refractivity contribution in [1.82, 2.24) is 0 Å². The quantitative estimate of drug-likeness (QED) is 0.843. The molecule has 21 heavy (non-hydrogen) atoms. The normalized spacial score (nSPS) is 12.1. The lowest BCUT2D eigenvalue weighted by Gasteiger charge is -2.18. The molecule has 2 nitrogen and oxygen atoms in total. The molecule has 0 aliphatic rings. The Bertz CT molecular complexity index is 575. The van der Waals surface area contributed by atoms with Crippen molar-refractivity contribution in [2.45, 2.75) is 32.1 Å². The molecule has 2 rings (SSSR count). The summed E-state index contributed by atoms with van der Waals surface area (Å²) in [5.41, 5.74) is 3.60. The van der Waals surface area contributed by atoms with Crippen molar-refractivity contribution >= 4 is 5.78 Å². The lowest BCUT2D eigenvalue weighted by molar-refractivity contribution is -0.117. The Balaban J connectivity index is 2.25. The largest absolute Gasteiger partial charge is 0.396 e. The van der Waals surface area contributed by atoms with Gasteiger partial charge in [-0.3, -0.25) is 0 Å². The van der Waals surface area contributed by atoms with Crippen LogP contribution in [0.3, 0.4) is 0 Å². The van der Waals surface area contributed by atoms with Crippen LogP contribution >= 0.6 is 0 Å². The maximum atomic E-state index is 11.6. The summed E-state index contributed by atoms with van der Waals surface area (Å²) in [5.74, 6) is 0.409. The van der Waals surface area contributed by atoms with E-state index in [1.807, 2.05) is 30.3 Å². The summed E-state index contributed by atoms with van der Waals surface area (Å²) in [7, 11) is 0. The van der Waals surface area contributed by atoms with Crippen molar-refractivity contribution in [1.29, 1.82) is 0 Å². The minimum atomic E-state index is 0.153. The van der Waals surface area contributed by atoms with Gasteiger partial charge in [0, 0.05) is 13.0 Å². The number of benzene rings is 2. The third kappa shape index (κ3) is 4.54. The number of ketones is 1. The highest BCUT2D eigenvalue weighted by Crippen LogP contribution is 2.26. The van der Waals surface area contributed by atoms with Crippen molar-refractivity contribution in [2.75, 3.05) is 6.61 Å². The van der Waals surface area contributed by atoms with E-state index in [-0.39, 0.29) is 18.3 Å². The molecule has 2 aromatic carbocycles. The maximum absolute atomic E-state index is 11.6. The second-order valence-electron chi connectivity index (χ2n) is 5.46. The zero-order valence-corrected chi connectivity index (χ0v) is 12.5. The van der Waals surface area contributed by atoms with E-state index in [1.54, 1.807) is 6.92 Å². The topological polar surface area (TPSA) is 37.3 Å². The number of hydrogen-bond acceptors (Lipinski definition) is 2. The summed E-state index contributed by atoms with van der Waals surface area (Å²) < 4.78 is 0. The van der Waals surface area contributed by atoms with Crippen LogP contribution in [0, 0.1) is 0 Å². The van der Waals surface area contributed by atoms with Crippen molar-refractivity contribution in [2.24, 2.45) is 0 Å². The number of carbonyl (C=O) groups is 1. The summed E-state index contributed by atoms with van der Waals surface area (Å²) >= 11 is 0. The molecule has 0 spiro atoms. The van der Waals surface area contributed by atoms with Crippen molar-refractivity contribution in [3.63, 3.8) is 0 Å². The van der Waals surface area contributed by atoms with Gasteiger partial charge in [-0.2, -0.15) is 0 Å². The van der Waals surface area contributed by atoms with Gasteiger partial charge in [0.2, 0.25) is 0 Å². The van der Waals surface area contributed by atoms with Gasteiger partial charge in [-0.1, -0.05) is 54.6 Å². The average molecular weight is 282 g/mol. The first-order valence-corrected chi connectivity index (χ1v) is 7.42. The second kappa shape index (κ2) is 7.75. The molecule has 0 saturated carbocycles. The first-order chi connectivity index (χ1) is 10.2. The first kappa shape index (κ1) is 15.5. The Morgan fingerprint density at radius 3 is 2.24 bits per heavy atom. The number of aliphatic hydroxyl groups excluding tert-OH is 1. The maximum Gasteiger partial charge on any atom is 0.130 e.